The van der Waals surface area contributed by atoms with Gasteiger partial charge in [-0.25, -0.2) is 0 Å². The molecule has 0 aromatic rings. The maximum Gasteiger partial charge on any atom is 0.192 e. The lowest BCUT2D eigenvalue weighted by atomic mass is 10.7. The number of rotatable bonds is 1. The summed E-state index contributed by atoms with van der Waals surface area (Å²) in [7, 11) is 0. The van der Waals surface area contributed by atoms with Gasteiger partial charge >= 0.3 is 0 Å². The molecule has 0 fully saturated rings. The lowest BCUT2D eigenvalue weighted by molar-refractivity contribution is 0.937. The number of nitrogens with one attached hydrogen (secondary N) is 2. The van der Waals surface area contributed by atoms with Crippen LogP contribution in [0.4, 0.5) is 0 Å². The largest absolute Gasteiger partial charge is 0.355 e. The second-order valence-corrected chi connectivity index (χ2v) is 1.81. The zero-order chi connectivity index (χ0) is 5.82. The first-order chi connectivity index (χ1) is 3.93. The standard InChI is InChI=1S/C4H9N3S/c8-3-7-4-5-1-2-6-4/h8H,1-3H2,(H2,5,6,7). The van der Waals surface area contributed by atoms with Crippen molar-refractivity contribution in [3.8, 4) is 0 Å². The average molecular weight is 131 g/mol. The van der Waals surface area contributed by atoms with Gasteiger partial charge in [0.05, 0.1) is 12.4 Å². The van der Waals surface area contributed by atoms with E-state index in [-0.39, 0.29) is 0 Å². The predicted octanol–water partition coefficient (Wildman–Crippen LogP) is -0.578. The number of nitrogens with zero attached hydrogens (tertiary/aromatic N) is 1. The molecule has 46 valence electrons. The van der Waals surface area contributed by atoms with Gasteiger partial charge in [0, 0.05) is 6.54 Å². The molecular weight excluding hydrogens is 122 g/mol. The van der Waals surface area contributed by atoms with Gasteiger partial charge in [0.25, 0.3) is 0 Å². The Bertz CT molecular complexity index is 101. The number of hydrogen-bond donors (Lipinski definition) is 3. The monoisotopic (exact) mass is 131 g/mol. The minimum absolute atomic E-state index is 0.645. The molecular formula is C4H9N3S. The maximum atomic E-state index is 4.07. The van der Waals surface area contributed by atoms with Crippen LogP contribution in [0.3, 0.4) is 0 Å². The number of guanidine groups is 1. The Kier molecular flexibility index (Phi) is 2.02. The second-order valence-electron chi connectivity index (χ2n) is 1.49. The fourth-order valence-corrected chi connectivity index (χ4v) is 0.741. The highest BCUT2D eigenvalue weighted by Crippen LogP contribution is 1.80. The van der Waals surface area contributed by atoms with Crippen LogP contribution < -0.4 is 10.6 Å². The van der Waals surface area contributed by atoms with Gasteiger partial charge in [-0.1, -0.05) is 0 Å². The van der Waals surface area contributed by atoms with E-state index >= 15 is 0 Å². The quantitative estimate of drug-likeness (QED) is 0.329. The van der Waals surface area contributed by atoms with E-state index in [1.807, 2.05) is 0 Å². The van der Waals surface area contributed by atoms with Crippen molar-refractivity contribution < 1.29 is 0 Å². The third kappa shape index (κ3) is 1.30. The highest BCUT2D eigenvalue weighted by molar-refractivity contribution is 7.80. The second kappa shape index (κ2) is 2.81. The molecule has 1 rings (SSSR count). The first kappa shape index (κ1) is 5.75. The molecule has 1 heterocycles. The molecule has 0 radical (unpaired) electrons. The van der Waals surface area contributed by atoms with Crippen molar-refractivity contribution in [2.45, 2.75) is 0 Å². The van der Waals surface area contributed by atoms with Gasteiger partial charge in [-0.2, -0.15) is 12.6 Å². The summed E-state index contributed by atoms with van der Waals surface area (Å²) in [6.07, 6.45) is 0. The SMILES string of the molecule is SCNC1=NCCN1. The van der Waals surface area contributed by atoms with E-state index < -0.39 is 0 Å². The van der Waals surface area contributed by atoms with E-state index in [4.69, 9.17) is 0 Å². The van der Waals surface area contributed by atoms with Gasteiger partial charge < -0.3 is 10.6 Å². The number of thiol groups is 1. The third-order valence-corrected chi connectivity index (χ3v) is 1.08. The van der Waals surface area contributed by atoms with Crippen LogP contribution in [0, 0.1) is 0 Å². The summed E-state index contributed by atoms with van der Waals surface area (Å²) in [5.74, 6) is 1.52. The third-order valence-electron chi connectivity index (χ3n) is 0.921. The van der Waals surface area contributed by atoms with Crippen LogP contribution in [0.2, 0.25) is 0 Å². The minimum Gasteiger partial charge on any atom is -0.355 e. The molecule has 3 nitrogen and oxygen atoms in total. The average Bonchev–Trinajstić information content (AvgIpc) is 2.19. The van der Waals surface area contributed by atoms with Crippen LogP contribution in [0.25, 0.3) is 0 Å². The van der Waals surface area contributed by atoms with Gasteiger partial charge in [-0.15, -0.1) is 0 Å². The number of aliphatic imine (C=N–C) groups is 1. The lowest BCUT2D eigenvalue weighted by Gasteiger charge is -1.99. The van der Waals surface area contributed by atoms with Crippen molar-refractivity contribution in [1.29, 1.82) is 0 Å². The first-order valence-corrected chi connectivity index (χ1v) is 3.20. The van der Waals surface area contributed by atoms with Crippen molar-refractivity contribution >= 4 is 18.6 Å². The fourth-order valence-electron chi connectivity index (χ4n) is 0.591. The van der Waals surface area contributed by atoms with Crippen molar-refractivity contribution in [2.75, 3.05) is 19.0 Å². The van der Waals surface area contributed by atoms with Crippen molar-refractivity contribution in [1.82, 2.24) is 10.6 Å². The van der Waals surface area contributed by atoms with Crippen LogP contribution in [0.1, 0.15) is 0 Å². The Balaban J connectivity index is 2.23. The molecule has 0 bridgehead atoms. The minimum atomic E-state index is 0.645. The van der Waals surface area contributed by atoms with E-state index in [1.165, 1.54) is 0 Å². The highest BCUT2D eigenvalue weighted by Gasteiger charge is 1.99. The van der Waals surface area contributed by atoms with E-state index in [2.05, 4.69) is 28.3 Å². The lowest BCUT2D eigenvalue weighted by Crippen LogP contribution is -2.32. The Morgan fingerprint density at radius 3 is 3.25 bits per heavy atom. The van der Waals surface area contributed by atoms with Gasteiger partial charge in [0.1, 0.15) is 0 Å². The van der Waals surface area contributed by atoms with Crippen LogP contribution in [-0.4, -0.2) is 24.9 Å². The topological polar surface area (TPSA) is 36.4 Å². The van der Waals surface area contributed by atoms with Crippen LogP contribution in [0.5, 0.6) is 0 Å². The van der Waals surface area contributed by atoms with Crippen LogP contribution in [0.15, 0.2) is 4.99 Å². The molecule has 0 aromatic heterocycles. The van der Waals surface area contributed by atoms with E-state index in [1.54, 1.807) is 0 Å². The summed E-state index contributed by atoms with van der Waals surface area (Å²) < 4.78 is 0. The van der Waals surface area contributed by atoms with E-state index in [0.717, 1.165) is 19.0 Å². The Labute approximate surface area is 54.0 Å². The Hall–Kier alpha value is -0.380. The van der Waals surface area contributed by atoms with Crippen molar-refractivity contribution in [3.05, 3.63) is 0 Å². The van der Waals surface area contributed by atoms with Gasteiger partial charge in [-0.3, -0.25) is 4.99 Å². The van der Waals surface area contributed by atoms with E-state index in [9.17, 15) is 0 Å². The highest BCUT2D eigenvalue weighted by atomic mass is 32.1. The molecule has 0 saturated heterocycles. The van der Waals surface area contributed by atoms with Crippen LogP contribution in [-0.2, 0) is 0 Å². The molecule has 4 heteroatoms. The molecule has 0 aliphatic carbocycles. The van der Waals surface area contributed by atoms with Gasteiger partial charge in [0.2, 0.25) is 0 Å². The first-order valence-electron chi connectivity index (χ1n) is 2.56. The fraction of sp³-hybridized carbons (Fsp3) is 0.750. The molecule has 1 aliphatic rings. The molecule has 1 aliphatic heterocycles. The van der Waals surface area contributed by atoms with Crippen LogP contribution >= 0.6 is 12.6 Å². The summed E-state index contributed by atoms with van der Waals surface area (Å²) in [5, 5.41) is 6.00. The van der Waals surface area contributed by atoms with E-state index in [0.29, 0.717) is 5.88 Å². The molecule has 0 spiro atoms. The Morgan fingerprint density at radius 2 is 2.75 bits per heavy atom. The molecule has 0 amide bonds. The maximum absolute atomic E-state index is 4.07. The molecule has 2 N–H and O–H groups in total. The summed E-state index contributed by atoms with van der Waals surface area (Å²) in [6, 6.07) is 0. The number of hydrogen-bond acceptors (Lipinski definition) is 4. The molecule has 8 heavy (non-hydrogen) atoms. The van der Waals surface area contributed by atoms with Gasteiger partial charge in [-0.05, 0) is 0 Å². The predicted molar refractivity (Wildman–Crippen MR) is 37.3 cm³/mol. The summed E-state index contributed by atoms with van der Waals surface area (Å²) in [5.41, 5.74) is 0. The molecule has 0 aromatic carbocycles. The van der Waals surface area contributed by atoms with Crippen molar-refractivity contribution in [2.24, 2.45) is 4.99 Å². The zero-order valence-electron chi connectivity index (χ0n) is 4.52. The molecule has 0 saturated carbocycles. The van der Waals surface area contributed by atoms with Gasteiger partial charge in [0.15, 0.2) is 5.96 Å². The Morgan fingerprint density at radius 1 is 1.88 bits per heavy atom. The van der Waals surface area contributed by atoms with Crippen molar-refractivity contribution in [3.63, 3.8) is 0 Å². The molecule has 0 unspecified atom stereocenters. The molecule has 0 atom stereocenters. The smallest absolute Gasteiger partial charge is 0.192 e. The summed E-state index contributed by atoms with van der Waals surface area (Å²) >= 11 is 3.96. The summed E-state index contributed by atoms with van der Waals surface area (Å²) in [6.45, 7) is 1.84. The normalized spacial score (nSPS) is 17.4. The summed E-state index contributed by atoms with van der Waals surface area (Å²) in [4.78, 5) is 4.07. The zero-order valence-corrected chi connectivity index (χ0v) is 5.41.